The summed E-state index contributed by atoms with van der Waals surface area (Å²) in [5.74, 6) is 0.287. The first kappa shape index (κ1) is 17.7. The predicted molar refractivity (Wildman–Crippen MR) is 90.1 cm³/mol. The van der Waals surface area contributed by atoms with Gasteiger partial charge in [-0.1, -0.05) is 6.07 Å². The summed E-state index contributed by atoms with van der Waals surface area (Å²) in [6.07, 6.45) is 0. The molecule has 19 heavy (non-hydrogen) atoms. The lowest BCUT2D eigenvalue weighted by Gasteiger charge is -2.08. The Kier molecular flexibility index (Phi) is 8.13. The Balaban J connectivity index is 0.00000324. The normalized spacial score (nSPS) is 10.6. The van der Waals surface area contributed by atoms with Gasteiger partial charge in [0.2, 0.25) is 5.91 Å². The van der Waals surface area contributed by atoms with E-state index in [-0.39, 0.29) is 29.9 Å². The fraction of sp³-hybridized carbons (Fsp3) is 0.385. The number of nitrogens with zero attached hydrogens (tertiary/aromatic N) is 1. The molecule has 0 bridgehead atoms. The molecule has 0 saturated heterocycles. The number of aliphatic imine (C=N–C) groups is 1. The number of carbonyl (C=O) groups excluding carboxylic acids is 1. The van der Waals surface area contributed by atoms with Gasteiger partial charge in [-0.05, 0) is 37.1 Å². The van der Waals surface area contributed by atoms with Crippen molar-refractivity contribution in [2.75, 3.05) is 18.4 Å². The van der Waals surface area contributed by atoms with Crippen molar-refractivity contribution >= 4 is 41.5 Å². The number of hydrogen-bond acceptors (Lipinski definition) is 2. The SMILES string of the molecule is CC(=O)NCCN=C(N)Nc1ccc(C)c(C)c1.I. The number of hydrogen-bond donors (Lipinski definition) is 3. The van der Waals surface area contributed by atoms with E-state index in [9.17, 15) is 4.79 Å². The van der Waals surface area contributed by atoms with Crippen LogP contribution in [0.15, 0.2) is 23.2 Å². The standard InChI is InChI=1S/C13H20N4O.HI/c1-9-4-5-12(8-10(9)2)17-13(14)16-7-6-15-11(3)18;/h4-5,8H,6-7H2,1-3H3,(H,15,18)(H3,14,16,17);1H. The zero-order valence-corrected chi connectivity index (χ0v) is 13.8. The minimum Gasteiger partial charge on any atom is -0.370 e. The number of halogens is 1. The van der Waals surface area contributed by atoms with Gasteiger partial charge in [-0.15, -0.1) is 24.0 Å². The van der Waals surface area contributed by atoms with Gasteiger partial charge in [0.05, 0.1) is 6.54 Å². The Hall–Kier alpha value is -1.31. The van der Waals surface area contributed by atoms with Crippen molar-refractivity contribution in [1.82, 2.24) is 5.32 Å². The smallest absolute Gasteiger partial charge is 0.216 e. The molecule has 0 aliphatic heterocycles. The maximum Gasteiger partial charge on any atom is 0.216 e. The molecule has 4 N–H and O–H groups in total. The van der Waals surface area contributed by atoms with Crippen molar-refractivity contribution in [3.63, 3.8) is 0 Å². The molecule has 1 rings (SSSR count). The van der Waals surface area contributed by atoms with Crippen LogP contribution in [0.5, 0.6) is 0 Å². The van der Waals surface area contributed by atoms with Crippen LogP contribution in [0.1, 0.15) is 18.1 Å². The van der Waals surface area contributed by atoms with Gasteiger partial charge in [-0.3, -0.25) is 9.79 Å². The van der Waals surface area contributed by atoms with Crippen LogP contribution in [0.25, 0.3) is 0 Å². The fourth-order valence-corrected chi connectivity index (χ4v) is 1.41. The molecular formula is C13H21IN4O. The molecule has 0 fully saturated rings. The molecule has 1 aromatic rings. The Bertz CT molecular complexity index is 460. The number of carbonyl (C=O) groups is 1. The molecular weight excluding hydrogens is 355 g/mol. The highest BCUT2D eigenvalue weighted by atomic mass is 127. The van der Waals surface area contributed by atoms with E-state index in [1.165, 1.54) is 18.1 Å². The molecule has 6 heteroatoms. The largest absolute Gasteiger partial charge is 0.370 e. The highest BCUT2D eigenvalue weighted by Crippen LogP contribution is 2.13. The second kappa shape index (κ2) is 8.73. The maximum absolute atomic E-state index is 10.6. The van der Waals surface area contributed by atoms with E-state index in [2.05, 4.69) is 22.5 Å². The molecule has 5 nitrogen and oxygen atoms in total. The van der Waals surface area contributed by atoms with Crippen molar-refractivity contribution in [3.8, 4) is 0 Å². The van der Waals surface area contributed by atoms with Gasteiger partial charge < -0.3 is 16.4 Å². The third-order valence-electron chi connectivity index (χ3n) is 2.55. The molecule has 0 heterocycles. The fourth-order valence-electron chi connectivity index (χ4n) is 1.41. The summed E-state index contributed by atoms with van der Waals surface area (Å²) in [5.41, 5.74) is 9.09. The number of nitrogens with one attached hydrogen (secondary N) is 2. The van der Waals surface area contributed by atoms with E-state index in [4.69, 9.17) is 5.73 Å². The van der Waals surface area contributed by atoms with Gasteiger partial charge in [0.15, 0.2) is 5.96 Å². The van der Waals surface area contributed by atoms with E-state index in [1.807, 2.05) is 25.1 Å². The second-order valence-electron chi connectivity index (χ2n) is 4.17. The third kappa shape index (κ3) is 7.00. The summed E-state index contributed by atoms with van der Waals surface area (Å²) in [5, 5.41) is 5.67. The van der Waals surface area contributed by atoms with Crippen molar-refractivity contribution in [2.24, 2.45) is 10.7 Å². The average Bonchev–Trinajstić information content (AvgIpc) is 2.29. The van der Waals surface area contributed by atoms with Gasteiger partial charge >= 0.3 is 0 Å². The van der Waals surface area contributed by atoms with Crippen LogP contribution in [-0.2, 0) is 4.79 Å². The molecule has 106 valence electrons. The van der Waals surface area contributed by atoms with Gasteiger partial charge in [0, 0.05) is 19.2 Å². The number of aryl methyl sites for hydroxylation is 2. The summed E-state index contributed by atoms with van der Waals surface area (Å²) in [6.45, 7) is 6.53. The van der Waals surface area contributed by atoms with Gasteiger partial charge in [0.25, 0.3) is 0 Å². The van der Waals surface area contributed by atoms with Gasteiger partial charge in [-0.2, -0.15) is 0 Å². The summed E-state index contributed by atoms with van der Waals surface area (Å²) in [7, 11) is 0. The highest BCUT2D eigenvalue weighted by Gasteiger charge is 1.97. The first-order chi connectivity index (χ1) is 8.49. The molecule has 0 unspecified atom stereocenters. The number of benzene rings is 1. The first-order valence-corrected chi connectivity index (χ1v) is 5.87. The van der Waals surface area contributed by atoms with E-state index < -0.39 is 0 Å². The molecule has 1 amide bonds. The Labute approximate surface area is 131 Å². The van der Waals surface area contributed by atoms with Gasteiger partial charge in [0.1, 0.15) is 0 Å². The number of guanidine groups is 1. The lowest BCUT2D eigenvalue weighted by Crippen LogP contribution is -2.27. The molecule has 0 atom stereocenters. The molecule has 0 radical (unpaired) electrons. The zero-order valence-electron chi connectivity index (χ0n) is 11.5. The van der Waals surface area contributed by atoms with Crippen LogP contribution in [0, 0.1) is 13.8 Å². The van der Waals surface area contributed by atoms with E-state index in [0.29, 0.717) is 19.0 Å². The van der Waals surface area contributed by atoms with Crippen LogP contribution < -0.4 is 16.4 Å². The van der Waals surface area contributed by atoms with E-state index in [1.54, 1.807) is 0 Å². The van der Waals surface area contributed by atoms with Crippen LogP contribution in [0.3, 0.4) is 0 Å². The summed E-state index contributed by atoms with van der Waals surface area (Å²) >= 11 is 0. The lowest BCUT2D eigenvalue weighted by atomic mass is 10.1. The van der Waals surface area contributed by atoms with Crippen molar-refractivity contribution in [2.45, 2.75) is 20.8 Å². The minimum absolute atomic E-state index is 0. The first-order valence-electron chi connectivity index (χ1n) is 5.87. The molecule has 0 saturated carbocycles. The average molecular weight is 376 g/mol. The van der Waals surface area contributed by atoms with Gasteiger partial charge in [-0.25, -0.2) is 0 Å². The lowest BCUT2D eigenvalue weighted by molar-refractivity contribution is -0.118. The van der Waals surface area contributed by atoms with E-state index in [0.717, 1.165) is 5.69 Å². The summed E-state index contributed by atoms with van der Waals surface area (Å²) in [4.78, 5) is 14.8. The predicted octanol–water partition coefficient (Wildman–Crippen LogP) is 1.78. The maximum atomic E-state index is 10.6. The van der Waals surface area contributed by atoms with Crippen molar-refractivity contribution < 1.29 is 4.79 Å². The third-order valence-corrected chi connectivity index (χ3v) is 2.55. The number of amides is 1. The molecule has 0 aliphatic rings. The van der Waals surface area contributed by atoms with Crippen molar-refractivity contribution in [1.29, 1.82) is 0 Å². The summed E-state index contributed by atoms with van der Waals surface area (Å²) < 4.78 is 0. The molecule has 0 spiro atoms. The second-order valence-corrected chi connectivity index (χ2v) is 4.17. The number of rotatable bonds is 4. The Morgan fingerprint density at radius 2 is 2.00 bits per heavy atom. The van der Waals surface area contributed by atoms with Crippen molar-refractivity contribution in [3.05, 3.63) is 29.3 Å². The number of anilines is 1. The Morgan fingerprint density at radius 1 is 1.32 bits per heavy atom. The zero-order chi connectivity index (χ0) is 13.5. The topological polar surface area (TPSA) is 79.5 Å². The van der Waals surface area contributed by atoms with Crippen LogP contribution in [0.2, 0.25) is 0 Å². The highest BCUT2D eigenvalue weighted by molar-refractivity contribution is 14.0. The van der Waals surface area contributed by atoms with E-state index >= 15 is 0 Å². The molecule has 1 aromatic carbocycles. The summed E-state index contributed by atoms with van der Waals surface area (Å²) in [6, 6.07) is 6.01. The van der Waals surface area contributed by atoms with Crippen LogP contribution in [-0.4, -0.2) is 25.0 Å². The molecule has 0 aromatic heterocycles. The van der Waals surface area contributed by atoms with Crippen LogP contribution in [0.4, 0.5) is 5.69 Å². The van der Waals surface area contributed by atoms with Crippen LogP contribution >= 0.6 is 24.0 Å². The Morgan fingerprint density at radius 3 is 2.58 bits per heavy atom. The molecule has 0 aliphatic carbocycles. The number of nitrogens with two attached hydrogens (primary N) is 1. The monoisotopic (exact) mass is 376 g/mol. The minimum atomic E-state index is -0.0640. The quantitative estimate of drug-likeness (QED) is 0.324.